The van der Waals surface area contributed by atoms with Crippen LogP contribution in [0.2, 0.25) is 0 Å². The summed E-state index contributed by atoms with van der Waals surface area (Å²) in [6, 6.07) is 0. The van der Waals surface area contributed by atoms with E-state index in [0.29, 0.717) is 23.2 Å². The summed E-state index contributed by atoms with van der Waals surface area (Å²) in [5.41, 5.74) is 0.306. The maximum atomic E-state index is 12.8. The summed E-state index contributed by atoms with van der Waals surface area (Å²) in [4.78, 5) is 28.7. The van der Waals surface area contributed by atoms with Gasteiger partial charge in [0.25, 0.3) is 0 Å². The molecule has 2 aliphatic heterocycles. The van der Waals surface area contributed by atoms with Crippen LogP contribution in [0.5, 0.6) is 0 Å². The molecule has 12 unspecified atom stereocenters. The highest BCUT2D eigenvalue weighted by Gasteiger charge is 2.84. The monoisotopic (exact) mass is 614 g/mol. The van der Waals surface area contributed by atoms with Crippen molar-refractivity contribution < 1.29 is 28.9 Å². The van der Waals surface area contributed by atoms with E-state index in [2.05, 4.69) is 41.5 Å². The Kier molecular flexibility index (Phi) is 7.05. The predicted octanol–water partition coefficient (Wildman–Crippen LogP) is 6.49. The maximum Gasteiger partial charge on any atom is 0.410 e. The van der Waals surface area contributed by atoms with Gasteiger partial charge in [0, 0.05) is 38.0 Å². The predicted molar refractivity (Wildman–Crippen MR) is 167 cm³/mol. The zero-order valence-corrected chi connectivity index (χ0v) is 28.6. The molecule has 0 aromatic rings. The number of likely N-dealkylation sites (tertiary alicyclic amines) is 1. The molecule has 1 N–H and O–H groups in total. The molecule has 0 aromatic carbocycles. The van der Waals surface area contributed by atoms with Crippen molar-refractivity contribution in [1.82, 2.24) is 9.80 Å². The second-order valence-electron chi connectivity index (χ2n) is 17.7. The second kappa shape index (κ2) is 9.98. The van der Waals surface area contributed by atoms with E-state index in [1.165, 1.54) is 17.7 Å². The molecule has 2 saturated heterocycles. The number of carbonyl (C=O) groups excluding carboxylic acids is 2. The largest absolute Gasteiger partial charge is 0.446 e. The van der Waals surface area contributed by atoms with Crippen LogP contribution in [0.3, 0.4) is 0 Å². The molecule has 8 nitrogen and oxygen atoms in total. The number of carbonyl (C=O) groups is 2. The first-order chi connectivity index (χ1) is 20.6. The summed E-state index contributed by atoms with van der Waals surface area (Å²) in [6.45, 7) is 15.5. The zero-order valence-electron chi connectivity index (χ0n) is 28.6. The van der Waals surface area contributed by atoms with Gasteiger partial charge in [0.05, 0.1) is 18.3 Å². The minimum atomic E-state index is -0.532. The van der Waals surface area contributed by atoms with Crippen molar-refractivity contribution in [1.29, 1.82) is 0 Å². The van der Waals surface area contributed by atoms with E-state index >= 15 is 0 Å². The van der Waals surface area contributed by atoms with Crippen LogP contribution in [0.15, 0.2) is 0 Å². The molecule has 12 atom stereocenters. The first kappa shape index (κ1) is 31.1. The van der Waals surface area contributed by atoms with E-state index < -0.39 is 6.10 Å². The number of nitrogens with zero attached hydrogens (tertiary/aromatic N) is 2. The van der Waals surface area contributed by atoms with Gasteiger partial charge in [-0.1, -0.05) is 41.5 Å². The fourth-order valence-corrected chi connectivity index (χ4v) is 12.8. The molecule has 44 heavy (non-hydrogen) atoms. The molecule has 0 aromatic heterocycles. The van der Waals surface area contributed by atoms with E-state index in [1.807, 2.05) is 4.90 Å². The maximum absolute atomic E-state index is 12.8. The zero-order chi connectivity index (χ0) is 31.6. The second-order valence-corrected chi connectivity index (χ2v) is 17.7. The van der Waals surface area contributed by atoms with E-state index in [-0.39, 0.29) is 64.2 Å². The van der Waals surface area contributed by atoms with Gasteiger partial charge in [-0.2, -0.15) is 0 Å². The van der Waals surface area contributed by atoms with Gasteiger partial charge in [-0.3, -0.25) is 0 Å². The summed E-state index contributed by atoms with van der Waals surface area (Å²) < 4.78 is 19.1. The van der Waals surface area contributed by atoms with E-state index in [0.717, 1.165) is 64.5 Å². The van der Waals surface area contributed by atoms with Crippen molar-refractivity contribution in [3.05, 3.63) is 0 Å². The fourth-order valence-electron chi connectivity index (χ4n) is 12.8. The molecule has 5 saturated carbocycles. The van der Waals surface area contributed by atoms with Gasteiger partial charge < -0.3 is 29.1 Å². The van der Waals surface area contributed by atoms with Gasteiger partial charge >= 0.3 is 12.2 Å². The number of hydrogen-bond donors (Lipinski definition) is 1. The lowest BCUT2D eigenvalue weighted by atomic mass is 9.41. The Morgan fingerprint density at radius 3 is 2.25 bits per heavy atom. The van der Waals surface area contributed by atoms with Gasteiger partial charge in [-0.15, -0.1) is 0 Å². The Morgan fingerprint density at radius 1 is 0.932 bits per heavy atom. The van der Waals surface area contributed by atoms with Crippen molar-refractivity contribution in [3.8, 4) is 0 Å². The first-order valence-electron chi connectivity index (χ1n) is 17.8. The number of rotatable bonds is 4. The van der Waals surface area contributed by atoms with Crippen molar-refractivity contribution in [2.75, 3.05) is 27.2 Å². The number of ether oxygens (including phenoxy) is 3. The highest BCUT2D eigenvalue weighted by molar-refractivity contribution is 5.68. The Balaban J connectivity index is 1.13. The van der Waals surface area contributed by atoms with Gasteiger partial charge in [-0.05, 0) is 104 Å². The summed E-state index contributed by atoms with van der Waals surface area (Å²) >= 11 is 0. The smallest absolute Gasteiger partial charge is 0.410 e. The Morgan fingerprint density at radius 2 is 1.61 bits per heavy atom. The fraction of sp³-hybridized carbons (Fsp3) is 0.944. The average molecular weight is 615 g/mol. The van der Waals surface area contributed by atoms with Gasteiger partial charge in [0.2, 0.25) is 0 Å². The number of amides is 2. The number of aliphatic hydroxyl groups is 1. The Bertz CT molecular complexity index is 1190. The van der Waals surface area contributed by atoms with Crippen LogP contribution in [0.4, 0.5) is 9.59 Å². The van der Waals surface area contributed by atoms with Crippen LogP contribution in [-0.4, -0.2) is 84.8 Å². The van der Waals surface area contributed by atoms with Gasteiger partial charge in [0.1, 0.15) is 12.2 Å². The summed E-state index contributed by atoms with van der Waals surface area (Å²) in [6.07, 6.45) is 9.19. The van der Waals surface area contributed by atoms with Gasteiger partial charge in [-0.25, -0.2) is 9.59 Å². The minimum Gasteiger partial charge on any atom is -0.446 e. The molecular weight excluding hydrogens is 556 g/mol. The molecular formula is C36H58N2O6. The third-order valence-electron chi connectivity index (χ3n) is 15.4. The number of fused-ring (bicyclic) bond motifs is 4. The molecule has 248 valence electrons. The lowest BCUT2D eigenvalue weighted by Gasteiger charge is -2.63. The molecule has 2 heterocycles. The van der Waals surface area contributed by atoms with E-state index in [9.17, 15) is 14.7 Å². The molecule has 8 heteroatoms. The van der Waals surface area contributed by atoms with Crippen LogP contribution in [0, 0.1) is 50.7 Å². The van der Waals surface area contributed by atoms with Crippen molar-refractivity contribution in [2.24, 2.45) is 50.7 Å². The third-order valence-corrected chi connectivity index (χ3v) is 15.4. The van der Waals surface area contributed by atoms with Crippen LogP contribution in [-0.2, 0) is 14.2 Å². The lowest BCUT2D eigenvalue weighted by molar-refractivity contribution is -0.185. The standard InChI is InChI=1S/C36H58N2O6/c1-21(2)27(44-30(40)37(7)8)23-11-10-22-28(42-23)29(39)34(6)25-13-12-24-32(3,4)26(43-31(41)38-18-9-19-38)14-15-35(24)20-36(25,35)17-16-33(22,34)5/h21-29,39H,9-20H2,1-8H3. The lowest BCUT2D eigenvalue weighted by Crippen LogP contribution is -2.60. The van der Waals surface area contributed by atoms with Crippen LogP contribution in [0.1, 0.15) is 106 Å². The highest BCUT2D eigenvalue weighted by atomic mass is 16.6. The number of hydrogen-bond acceptors (Lipinski definition) is 6. The molecule has 0 radical (unpaired) electrons. The van der Waals surface area contributed by atoms with Crippen LogP contribution in [0.25, 0.3) is 0 Å². The summed E-state index contributed by atoms with van der Waals surface area (Å²) in [7, 11) is 3.43. The molecule has 2 amide bonds. The Labute approximate surface area is 264 Å². The molecule has 0 bridgehead atoms. The van der Waals surface area contributed by atoms with Gasteiger partial charge in [0.15, 0.2) is 0 Å². The third kappa shape index (κ3) is 3.88. The van der Waals surface area contributed by atoms with E-state index in [1.54, 1.807) is 14.1 Å². The average Bonchev–Trinajstić information content (AvgIpc) is 3.57. The quantitative estimate of drug-likeness (QED) is 0.390. The molecule has 7 rings (SSSR count). The minimum absolute atomic E-state index is 0.0156. The van der Waals surface area contributed by atoms with Crippen LogP contribution < -0.4 is 0 Å². The topological polar surface area (TPSA) is 88.5 Å². The molecule has 2 spiro atoms. The molecule has 7 aliphatic rings. The van der Waals surface area contributed by atoms with Crippen molar-refractivity contribution >= 4 is 12.2 Å². The first-order valence-corrected chi connectivity index (χ1v) is 17.8. The van der Waals surface area contributed by atoms with Crippen LogP contribution >= 0.6 is 0 Å². The number of aliphatic hydroxyl groups excluding tert-OH is 1. The Hall–Kier alpha value is -1.54. The summed E-state index contributed by atoms with van der Waals surface area (Å²) in [5.74, 6) is 1.45. The molecule has 7 fully saturated rings. The van der Waals surface area contributed by atoms with Crippen molar-refractivity contribution in [2.45, 2.75) is 136 Å². The molecule has 5 aliphatic carbocycles. The SMILES string of the molecule is CC(C)C(OC(=O)N(C)C)C1CCC2C(O1)C(O)C1(C)C3CCC4C(C)(C)C(OC(=O)N5CCC5)CCC45CC35CCC21C. The highest BCUT2D eigenvalue weighted by Crippen LogP contribution is 2.89. The van der Waals surface area contributed by atoms with Crippen molar-refractivity contribution in [3.63, 3.8) is 0 Å². The normalized spacial score (nSPS) is 48.9. The van der Waals surface area contributed by atoms with E-state index in [4.69, 9.17) is 14.2 Å². The summed E-state index contributed by atoms with van der Waals surface area (Å²) in [5, 5.41) is 12.4.